The van der Waals surface area contributed by atoms with E-state index < -0.39 is 0 Å². The predicted octanol–water partition coefficient (Wildman–Crippen LogP) is 5.74. The Kier molecular flexibility index (Phi) is 4.29. The summed E-state index contributed by atoms with van der Waals surface area (Å²) in [4.78, 5) is 11.2. The van der Waals surface area contributed by atoms with Crippen molar-refractivity contribution in [3.63, 3.8) is 0 Å². The molecule has 2 aliphatic rings. The summed E-state index contributed by atoms with van der Waals surface area (Å²) in [7, 11) is 1.56. The molecule has 3 atom stereocenters. The van der Waals surface area contributed by atoms with Crippen molar-refractivity contribution in [2.75, 3.05) is 12.4 Å². The molecule has 0 saturated carbocycles. The van der Waals surface area contributed by atoms with Crippen molar-refractivity contribution in [2.45, 2.75) is 18.4 Å². The zero-order chi connectivity index (χ0) is 18.4. The normalized spacial score (nSPS) is 23.1. The summed E-state index contributed by atoms with van der Waals surface area (Å²) in [5.41, 5.74) is 2.31. The fourth-order valence-electron chi connectivity index (χ4n) is 4.06. The maximum Gasteiger partial charge on any atom is 0.275 e. The lowest BCUT2D eigenvalue weighted by Crippen LogP contribution is -2.30. The molecule has 3 unspecified atom stereocenters. The number of methoxy groups -OCH3 is 1. The summed E-state index contributed by atoms with van der Waals surface area (Å²) in [5.74, 6) is 0.610. The number of ether oxygens (including phenoxy) is 1. The summed E-state index contributed by atoms with van der Waals surface area (Å²) in [6.45, 7) is 0. The zero-order valence-corrected chi connectivity index (χ0v) is 15.4. The number of nitrogens with zero attached hydrogens (tertiary/aromatic N) is 1. The maximum atomic E-state index is 11.6. The first-order valence-electron chi connectivity index (χ1n) is 8.25. The van der Waals surface area contributed by atoms with E-state index in [2.05, 4.69) is 11.4 Å². The summed E-state index contributed by atoms with van der Waals surface area (Å²) >= 11 is 12.7. The third-order valence-corrected chi connectivity index (χ3v) is 6.03. The predicted molar refractivity (Wildman–Crippen MR) is 102 cm³/mol. The van der Waals surface area contributed by atoms with Crippen LogP contribution in [0.4, 0.5) is 11.4 Å². The molecule has 0 fully saturated rings. The minimum absolute atomic E-state index is 0.0817. The molecule has 1 N–H and O–H groups in total. The number of anilines is 1. The van der Waals surface area contributed by atoms with Gasteiger partial charge >= 0.3 is 0 Å². The van der Waals surface area contributed by atoms with E-state index in [9.17, 15) is 10.1 Å². The van der Waals surface area contributed by atoms with Gasteiger partial charge in [0.1, 0.15) is 5.75 Å². The molecule has 0 aromatic heterocycles. The average Bonchev–Trinajstić information content (AvgIpc) is 3.12. The molecule has 0 amide bonds. The first kappa shape index (κ1) is 17.2. The highest BCUT2D eigenvalue weighted by molar-refractivity contribution is 6.42. The second kappa shape index (κ2) is 6.49. The highest BCUT2D eigenvalue weighted by atomic mass is 35.5. The van der Waals surface area contributed by atoms with E-state index in [-0.39, 0.29) is 28.5 Å². The Morgan fingerprint density at radius 2 is 2.08 bits per heavy atom. The molecule has 134 valence electrons. The number of allylic oxidation sites excluding steroid dienone is 2. The molecule has 1 heterocycles. The Labute approximate surface area is 160 Å². The van der Waals surface area contributed by atoms with Gasteiger partial charge in [0, 0.05) is 12.0 Å². The van der Waals surface area contributed by atoms with Gasteiger partial charge in [-0.3, -0.25) is 10.1 Å². The minimum atomic E-state index is -0.337. The Morgan fingerprint density at radius 3 is 2.81 bits per heavy atom. The number of halogens is 2. The SMILES string of the molecule is COc1ccc([N+](=O)[O-])c2c1NC(c1cccc(Cl)c1Cl)C1CC=CC21. The van der Waals surface area contributed by atoms with Gasteiger partial charge in [-0.15, -0.1) is 0 Å². The van der Waals surface area contributed by atoms with Crippen molar-refractivity contribution in [3.8, 4) is 5.75 Å². The van der Waals surface area contributed by atoms with Gasteiger partial charge < -0.3 is 10.1 Å². The van der Waals surface area contributed by atoms with Gasteiger partial charge in [-0.2, -0.15) is 0 Å². The maximum absolute atomic E-state index is 11.6. The van der Waals surface area contributed by atoms with Crippen LogP contribution in [0.15, 0.2) is 42.5 Å². The first-order chi connectivity index (χ1) is 12.5. The molecule has 1 aliphatic carbocycles. The summed E-state index contributed by atoms with van der Waals surface area (Å²) < 4.78 is 5.47. The zero-order valence-electron chi connectivity index (χ0n) is 13.9. The van der Waals surface area contributed by atoms with Crippen LogP contribution in [0.3, 0.4) is 0 Å². The molecule has 26 heavy (non-hydrogen) atoms. The van der Waals surface area contributed by atoms with Crippen molar-refractivity contribution in [3.05, 3.63) is 73.8 Å². The number of hydrogen-bond acceptors (Lipinski definition) is 4. The van der Waals surface area contributed by atoms with Gasteiger partial charge in [0.05, 0.1) is 39.4 Å². The summed E-state index contributed by atoms with van der Waals surface area (Å²) in [6.07, 6.45) is 4.92. The lowest BCUT2D eigenvalue weighted by Gasteiger charge is -2.38. The Balaban J connectivity index is 1.92. The van der Waals surface area contributed by atoms with Crippen LogP contribution in [0, 0.1) is 16.0 Å². The van der Waals surface area contributed by atoms with Gasteiger partial charge in [-0.1, -0.05) is 47.5 Å². The number of fused-ring (bicyclic) bond motifs is 3. The molecule has 0 radical (unpaired) electrons. The number of nitro benzene ring substituents is 1. The summed E-state index contributed by atoms with van der Waals surface area (Å²) in [6, 6.07) is 8.57. The van der Waals surface area contributed by atoms with Crippen molar-refractivity contribution < 1.29 is 9.66 Å². The van der Waals surface area contributed by atoms with E-state index in [0.29, 0.717) is 27.0 Å². The lowest BCUT2D eigenvalue weighted by atomic mass is 9.76. The van der Waals surface area contributed by atoms with Gasteiger partial charge in [0.25, 0.3) is 5.69 Å². The molecule has 0 spiro atoms. The lowest BCUT2D eigenvalue weighted by molar-refractivity contribution is -0.385. The molecule has 0 bridgehead atoms. The summed E-state index contributed by atoms with van der Waals surface area (Å²) in [5, 5.41) is 16.0. The van der Waals surface area contributed by atoms with Crippen LogP contribution in [0.1, 0.15) is 29.5 Å². The largest absolute Gasteiger partial charge is 0.495 e. The second-order valence-electron chi connectivity index (χ2n) is 6.45. The van der Waals surface area contributed by atoms with E-state index in [0.717, 1.165) is 12.0 Å². The quantitative estimate of drug-likeness (QED) is 0.412. The standard InChI is InChI=1S/C19H16Cl2N2O3/c1-26-15-9-8-14(23(24)25)16-10-4-2-5-11(10)18(22-19(15)16)12-6-3-7-13(20)17(12)21/h2-4,6-11,18,22H,5H2,1H3. The number of benzene rings is 2. The molecule has 5 nitrogen and oxygen atoms in total. The molecular weight excluding hydrogens is 375 g/mol. The molecule has 2 aromatic carbocycles. The van der Waals surface area contributed by atoms with E-state index >= 15 is 0 Å². The van der Waals surface area contributed by atoms with Crippen LogP contribution in [0.25, 0.3) is 0 Å². The van der Waals surface area contributed by atoms with Crippen LogP contribution >= 0.6 is 23.2 Å². The third kappa shape index (κ3) is 2.54. The molecule has 1 aliphatic heterocycles. The van der Waals surface area contributed by atoms with Crippen molar-refractivity contribution in [2.24, 2.45) is 5.92 Å². The average molecular weight is 391 g/mol. The first-order valence-corrected chi connectivity index (χ1v) is 9.01. The van der Waals surface area contributed by atoms with Crippen molar-refractivity contribution in [1.82, 2.24) is 0 Å². The van der Waals surface area contributed by atoms with Gasteiger partial charge in [-0.25, -0.2) is 0 Å². The van der Waals surface area contributed by atoms with Gasteiger partial charge in [0.2, 0.25) is 0 Å². The number of rotatable bonds is 3. The molecular formula is C19H16Cl2N2O3. The van der Waals surface area contributed by atoms with Crippen molar-refractivity contribution >= 4 is 34.6 Å². The number of hydrogen-bond donors (Lipinski definition) is 1. The fraction of sp³-hybridized carbons (Fsp3) is 0.263. The highest BCUT2D eigenvalue weighted by Gasteiger charge is 2.43. The molecule has 7 heteroatoms. The van der Waals surface area contributed by atoms with Crippen LogP contribution in [0.2, 0.25) is 10.0 Å². The van der Waals surface area contributed by atoms with Crippen LogP contribution in [-0.2, 0) is 0 Å². The third-order valence-electron chi connectivity index (χ3n) is 5.19. The van der Waals surface area contributed by atoms with E-state index in [1.807, 2.05) is 18.2 Å². The highest BCUT2D eigenvalue weighted by Crippen LogP contribution is 2.55. The Hall–Kier alpha value is -2.24. The van der Waals surface area contributed by atoms with Crippen molar-refractivity contribution in [1.29, 1.82) is 0 Å². The van der Waals surface area contributed by atoms with E-state index in [1.165, 1.54) is 6.07 Å². The number of nitrogens with one attached hydrogen (secondary N) is 1. The van der Waals surface area contributed by atoms with E-state index in [4.69, 9.17) is 27.9 Å². The Morgan fingerprint density at radius 1 is 1.27 bits per heavy atom. The van der Waals surface area contributed by atoms with Gasteiger partial charge in [0.15, 0.2) is 0 Å². The molecule has 4 rings (SSSR count). The van der Waals surface area contributed by atoms with Crippen LogP contribution in [-0.4, -0.2) is 12.0 Å². The number of nitro groups is 1. The van der Waals surface area contributed by atoms with Gasteiger partial charge in [-0.05, 0) is 30.0 Å². The molecule has 2 aromatic rings. The van der Waals surface area contributed by atoms with E-state index in [1.54, 1.807) is 19.2 Å². The second-order valence-corrected chi connectivity index (χ2v) is 7.24. The topological polar surface area (TPSA) is 64.4 Å². The van der Waals surface area contributed by atoms with Crippen LogP contribution in [0.5, 0.6) is 5.75 Å². The minimum Gasteiger partial charge on any atom is -0.495 e. The monoisotopic (exact) mass is 390 g/mol. The smallest absolute Gasteiger partial charge is 0.275 e. The van der Waals surface area contributed by atoms with Crippen LogP contribution < -0.4 is 10.1 Å². The molecule has 0 saturated heterocycles. The Bertz CT molecular complexity index is 929. The fourth-order valence-corrected chi connectivity index (χ4v) is 4.49.